The number of hydrogen-bond acceptors (Lipinski definition) is 3. The van der Waals surface area contributed by atoms with Gasteiger partial charge in [0.15, 0.2) is 0 Å². The lowest BCUT2D eigenvalue weighted by Crippen LogP contribution is -2.06. The molecule has 11 heavy (non-hydrogen) atoms. The second kappa shape index (κ2) is 5.89. The van der Waals surface area contributed by atoms with Crippen molar-refractivity contribution in [3.8, 4) is 0 Å². The maximum absolute atomic E-state index is 10.6. The third kappa shape index (κ3) is 4.53. The number of carbonyl (C=O) groups excluding carboxylic acids is 2. The van der Waals surface area contributed by atoms with Gasteiger partial charge in [0.05, 0.1) is 7.11 Å². The quantitative estimate of drug-likeness (QED) is 0.445. The monoisotopic (exact) mass is 158 g/mol. The van der Waals surface area contributed by atoms with E-state index < -0.39 is 0 Å². The zero-order valence-corrected chi connectivity index (χ0v) is 7.00. The minimum Gasteiger partial charge on any atom is -0.469 e. The largest absolute Gasteiger partial charge is 0.469 e. The van der Waals surface area contributed by atoms with E-state index >= 15 is 0 Å². The molecule has 0 unspecified atom stereocenters. The third-order valence-corrected chi connectivity index (χ3v) is 1.66. The highest BCUT2D eigenvalue weighted by atomic mass is 16.5. The maximum Gasteiger partial charge on any atom is 0.305 e. The molecule has 0 spiro atoms. The number of rotatable bonds is 5. The number of esters is 1. The summed E-state index contributed by atoms with van der Waals surface area (Å²) < 4.78 is 4.43. The number of methoxy groups -OCH3 is 1. The van der Waals surface area contributed by atoms with Crippen LogP contribution in [0.25, 0.3) is 0 Å². The Morgan fingerprint density at radius 3 is 2.64 bits per heavy atom. The van der Waals surface area contributed by atoms with Gasteiger partial charge in [-0.1, -0.05) is 6.92 Å². The standard InChI is InChI=1S/C8H14O3/c1-3-7(6-9)4-5-8(10)11-2/h6-7H,3-5H2,1-2H3/t7-/m1/s1. The van der Waals surface area contributed by atoms with Gasteiger partial charge in [-0.05, 0) is 12.8 Å². The molecule has 0 aromatic carbocycles. The van der Waals surface area contributed by atoms with Crippen LogP contribution >= 0.6 is 0 Å². The summed E-state index contributed by atoms with van der Waals surface area (Å²) in [4.78, 5) is 20.9. The molecule has 0 heterocycles. The smallest absolute Gasteiger partial charge is 0.305 e. The van der Waals surface area contributed by atoms with Crippen molar-refractivity contribution in [2.45, 2.75) is 26.2 Å². The molecule has 0 saturated carbocycles. The normalized spacial score (nSPS) is 12.2. The van der Waals surface area contributed by atoms with E-state index in [2.05, 4.69) is 4.74 Å². The van der Waals surface area contributed by atoms with Gasteiger partial charge in [-0.15, -0.1) is 0 Å². The lowest BCUT2D eigenvalue weighted by Gasteiger charge is -2.04. The van der Waals surface area contributed by atoms with E-state index in [1.165, 1.54) is 7.11 Å². The summed E-state index contributed by atoms with van der Waals surface area (Å²) in [5, 5.41) is 0. The van der Waals surface area contributed by atoms with Gasteiger partial charge in [0.1, 0.15) is 6.29 Å². The van der Waals surface area contributed by atoms with Crippen LogP contribution < -0.4 is 0 Å². The molecular formula is C8H14O3. The molecule has 0 aromatic heterocycles. The Kier molecular flexibility index (Phi) is 5.43. The van der Waals surface area contributed by atoms with E-state index in [-0.39, 0.29) is 11.9 Å². The minimum absolute atomic E-state index is 0.00843. The fourth-order valence-corrected chi connectivity index (χ4v) is 0.774. The lowest BCUT2D eigenvalue weighted by atomic mass is 10.0. The predicted octanol–water partition coefficient (Wildman–Crippen LogP) is 1.16. The summed E-state index contributed by atoms with van der Waals surface area (Å²) in [6.07, 6.45) is 2.63. The van der Waals surface area contributed by atoms with Gasteiger partial charge in [0.25, 0.3) is 0 Å². The molecule has 1 atom stereocenters. The van der Waals surface area contributed by atoms with Crippen LogP contribution in [0.2, 0.25) is 0 Å². The van der Waals surface area contributed by atoms with E-state index in [4.69, 9.17) is 0 Å². The molecule has 0 amide bonds. The van der Waals surface area contributed by atoms with Crippen LogP contribution in [-0.2, 0) is 14.3 Å². The Balaban J connectivity index is 3.50. The molecule has 0 bridgehead atoms. The van der Waals surface area contributed by atoms with Crippen molar-refractivity contribution in [2.75, 3.05) is 7.11 Å². The highest BCUT2D eigenvalue weighted by Crippen LogP contribution is 2.07. The van der Waals surface area contributed by atoms with Gasteiger partial charge in [-0.2, -0.15) is 0 Å². The van der Waals surface area contributed by atoms with Gasteiger partial charge in [-0.25, -0.2) is 0 Å². The number of carbonyl (C=O) groups is 2. The molecule has 0 radical (unpaired) electrons. The van der Waals surface area contributed by atoms with E-state index in [1.807, 2.05) is 6.92 Å². The zero-order chi connectivity index (χ0) is 8.69. The summed E-state index contributed by atoms with van der Waals surface area (Å²) in [6, 6.07) is 0. The predicted molar refractivity (Wildman–Crippen MR) is 41.1 cm³/mol. The first kappa shape index (κ1) is 10.1. The Hall–Kier alpha value is -0.860. The molecule has 3 nitrogen and oxygen atoms in total. The van der Waals surface area contributed by atoms with Crippen molar-refractivity contribution in [2.24, 2.45) is 5.92 Å². The molecule has 0 rings (SSSR count). The molecule has 0 N–H and O–H groups in total. The molecule has 3 heteroatoms. The van der Waals surface area contributed by atoms with Crippen molar-refractivity contribution >= 4 is 12.3 Å². The highest BCUT2D eigenvalue weighted by molar-refractivity contribution is 5.69. The Bertz CT molecular complexity index is 131. The zero-order valence-electron chi connectivity index (χ0n) is 7.00. The highest BCUT2D eigenvalue weighted by Gasteiger charge is 2.07. The average molecular weight is 158 g/mol. The van der Waals surface area contributed by atoms with E-state index in [0.29, 0.717) is 12.8 Å². The lowest BCUT2D eigenvalue weighted by molar-refractivity contribution is -0.140. The van der Waals surface area contributed by atoms with Crippen molar-refractivity contribution in [1.29, 1.82) is 0 Å². The first-order valence-corrected chi connectivity index (χ1v) is 3.76. The number of ether oxygens (including phenoxy) is 1. The first-order valence-electron chi connectivity index (χ1n) is 3.76. The van der Waals surface area contributed by atoms with Gasteiger partial charge in [-0.3, -0.25) is 4.79 Å². The van der Waals surface area contributed by atoms with Gasteiger partial charge < -0.3 is 9.53 Å². The molecule has 0 aliphatic carbocycles. The fourth-order valence-electron chi connectivity index (χ4n) is 0.774. The van der Waals surface area contributed by atoms with Crippen LogP contribution in [0.3, 0.4) is 0 Å². The fraction of sp³-hybridized carbons (Fsp3) is 0.750. The van der Waals surface area contributed by atoms with E-state index in [0.717, 1.165) is 12.7 Å². The van der Waals surface area contributed by atoms with Crippen LogP contribution in [0, 0.1) is 5.92 Å². The van der Waals surface area contributed by atoms with E-state index in [9.17, 15) is 9.59 Å². The third-order valence-electron chi connectivity index (χ3n) is 1.66. The Labute approximate surface area is 66.7 Å². The molecule has 0 aliphatic heterocycles. The van der Waals surface area contributed by atoms with Crippen molar-refractivity contribution in [3.63, 3.8) is 0 Å². The molecule has 0 saturated heterocycles. The molecule has 0 fully saturated rings. The van der Waals surface area contributed by atoms with Crippen molar-refractivity contribution in [3.05, 3.63) is 0 Å². The second-order valence-corrected chi connectivity index (χ2v) is 2.42. The molecule has 64 valence electrons. The summed E-state index contributed by atoms with van der Waals surface area (Å²) >= 11 is 0. The van der Waals surface area contributed by atoms with Gasteiger partial charge in [0, 0.05) is 12.3 Å². The molecule has 0 aromatic rings. The second-order valence-electron chi connectivity index (χ2n) is 2.42. The number of aldehydes is 1. The maximum atomic E-state index is 10.6. The number of hydrogen-bond donors (Lipinski definition) is 0. The summed E-state index contributed by atoms with van der Waals surface area (Å²) in [5.41, 5.74) is 0. The topological polar surface area (TPSA) is 43.4 Å². The molecule has 0 aliphatic rings. The van der Waals surface area contributed by atoms with Crippen LogP contribution in [0.15, 0.2) is 0 Å². The summed E-state index contributed by atoms with van der Waals surface area (Å²) in [7, 11) is 1.35. The average Bonchev–Trinajstić information content (AvgIpc) is 2.06. The molecular weight excluding hydrogens is 144 g/mol. The Morgan fingerprint density at radius 2 is 2.27 bits per heavy atom. The summed E-state index contributed by atoms with van der Waals surface area (Å²) in [6.45, 7) is 1.93. The van der Waals surface area contributed by atoms with Gasteiger partial charge >= 0.3 is 5.97 Å². The van der Waals surface area contributed by atoms with Gasteiger partial charge in [0.2, 0.25) is 0 Å². The SMILES string of the molecule is CC[C@@H](C=O)CCC(=O)OC. The van der Waals surface area contributed by atoms with Crippen molar-refractivity contribution < 1.29 is 14.3 Å². The minimum atomic E-state index is -0.245. The Morgan fingerprint density at radius 1 is 1.64 bits per heavy atom. The van der Waals surface area contributed by atoms with Crippen LogP contribution in [0.1, 0.15) is 26.2 Å². The van der Waals surface area contributed by atoms with Crippen LogP contribution in [0.4, 0.5) is 0 Å². The first-order chi connectivity index (χ1) is 5.24. The summed E-state index contributed by atoms with van der Waals surface area (Å²) in [5.74, 6) is -0.237. The van der Waals surface area contributed by atoms with Crippen LogP contribution in [-0.4, -0.2) is 19.4 Å². The van der Waals surface area contributed by atoms with E-state index in [1.54, 1.807) is 0 Å². The van der Waals surface area contributed by atoms with Crippen LogP contribution in [0.5, 0.6) is 0 Å². The van der Waals surface area contributed by atoms with Crippen molar-refractivity contribution in [1.82, 2.24) is 0 Å².